The molecule has 6 rings (SSSR count). The predicted molar refractivity (Wildman–Crippen MR) is 155 cm³/mol. The molecule has 9 nitrogen and oxygen atoms in total. The summed E-state index contributed by atoms with van der Waals surface area (Å²) in [4.78, 5) is 48.1. The topological polar surface area (TPSA) is 142 Å². The largest absolute Gasteiger partial charge is 0.507 e. The second-order valence-electron chi connectivity index (χ2n) is 11.0. The van der Waals surface area contributed by atoms with E-state index in [-0.39, 0.29) is 39.5 Å². The number of aromatic hydroxyl groups is 2. The van der Waals surface area contributed by atoms with Crippen LogP contribution < -0.4 is 10.1 Å². The van der Waals surface area contributed by atoms with Gasteiger partial charge < -0.3 is 25.3 Å². The van der Waals surface area contributed by atoms with Gasteiger partial charge >= 0.3 is 0 Å². The van der Waals surface area contributed by atoms with E-state index in [9.17, 15) is 29.0 Å². The number of allylic oxidation sites excluding steroid dienone is 4. The molecule has 0 fully saturated rings. The number of aromatic amines is 1. The molecule has 1 aromatic heterocycles. The van der Waals surface area contributed by atoms with Crippen molar-refractivity contribution in [2.45, 2.75) is 45.6 Å². The Labute approximate surface area is 245 Å². The monoisotopic (exact) mass is 581 g/mol. The average molecular weight is 582 g/mol. The molecule has 43 heavy (non-hydrogen) atoms. The zero-order valence-electron chi connectivity index (χ0n) is 23.8. The van der Waals surface area contributed by atoms with E-state index >= 15 is 0 Å². The van der Waals surface area contributed by atoms with Crippen LogP contribution in [0.25, 0.3) is 11.0 Å². The smallest absolute Gasteiger partial charge is 0.194 e. The number of ketones is 3. The number of hydrogen-bond donors (Lipinski definition) is 4. The number of benzene rings is 3. The molecule has 0 amide bonds. The lowest BCUT2D eigenvalue weighted by Gasteiger charge is -2.30. The van der Waals surface area contributed by atoms with Crippen molar-refractivity contribution in [1.82, 2.24) is 15.3 Å². The summed E-state index contributed by atoms with van der Waals surface area (Å²) in [5.41, 5.74) is 0.634. The number of aromatic nitrogens is 2. The third-order valence-electron chi connectivity index (χ3n) is 8.26. The van der Waals surface area contributed by atoms with Gasteiger partial charge in [0.2, 0.25) is 0 Å². The molecular formula is C33H28FN3O6. The van der Waals surface area contributed by atoms with E-state index in [2.05, 4.69) is 15.3 Å². The lowest BCUT2D eigenvalue weighted by molar-refractivity contribution is -0.123. The summed E-state index contributed by atoms with van der Waals surface area (Å²) in [5, 5.41) is 25.0. The van der Waals surface area contributed by atoms with Crippen LogP contribution >= 0.6 is 0 Å². The minimum Gasteiger partial charge on any atom is -0.507 e. The summed E-state index contributed by atoms with van der Waals surface area (Å²) in [6, 6.07) is 12.9. The molecule has 3 aromatic carbocycles. The number of hydrogen-bond acceptors (Lipinski definition) is 8. The van der Waals surface area contributed by atoms with Gasteiger partial charge in [0.25, 0.3) is 0 Å². The molecule has 1 unspecified atom stereocenters. The number of nitrogens with zero attached hydrogens (tertiary/aromatic N) is 1. The third kappa shape index (κ3) is 4.29. The van der Waals surface area contributed by atoms with Crippen LogP contribution in [-0.4, -0.2) is 37.5 Å². The Hall–Kier alpha value is -5.25. The number of fused-ring (bicyclic) bond motifs is 4. The predicted octanol–water partition coefficient (Wildman–Crippen LogP) is 5.16. The van der Waals surface area contributed by atoms with E-state index < -0.39 is 46.1 Å². The molecule has 4 aromatic rings. The van der Waals surface area contributed by atoms with E-state index in [1.807, 2.05) is 24.3 Å². The van der Waals surface area contributed by atoms with Crippen LogP contribution in [-0.2, 0) is 21.4 Å². The number of phenols is 2. The van der Waals surface area contributed by atoms with E-state index in [1.54, 1.807) is 19.1 Å². The third-order valence-corrected chi connectivity index (χ3v) is 8.26. The molecule has 0 saturated heterocycles. The number of carbonyl (C=O) groups is 3. The minimum atomic E-state index is -1.64. The fourth-order valence-corrected chi connectivity index (χ4v) is 5.94. The highest BCUT2D eigenvalue weighted by atomic mass is 19.1. The number of nitrogens with one attached hydrogen (secondary N) is 2. The van der Waals surface area contributed by atoms with Crippen molar-refractivity contribution in [3.8, 4) is 17.2 Å². The summed E-state index contributed by atoms with van der Waals surface area (Å²) >= 11 is 0. The van der Waals surface area contributed by atoms with Crippen molar-refractivity contribution < 1.29 is 33.7 Å². The summed E-state index contributed by atoms with van der Waals surface area (Å²) in [7, 11) is 0. The van der Waals surface area contributed by atoms with E-state index in [0.29, 0.717) is 17.8 Å². The molecule has 4 N–H and O–H groups in total. The summed E-state index contributed by atoms with van der Waals surface area (Å²) < 4.78 is 19.7. The van der Waals surface area contributed by atoms with Gasteiger partial charge in [0, 0.05) is 23.8 Å². The van der Waals surface area contributed by atoms with Crippen LogP contribution in [0, 0.1) is 12.7 Å². The fourth-order valence-electron chi connectivity index (χ4n) is 5.94. The summed E-state index contributed by atoms with van der Waals surface area (Å²) in [6.07, 6.45) is 1.49. The number of carbonyl (C=O) groups excluding carboxylic acids is 3. The van der Waals surface area contributed by atoms with Crippen molar-refractivity contribution >= 4 is 28.4 Å². The Morgan fingerprint density at radius 2 is 1.79 bits per heavy atom. The fraction of sp³-hybridized carbons (Fsp3) is 0.212. The van der Waals surface area contributed by atoms with Gasteiger partial charge in [-0.05, 0) is 57.5 Å². The molecule has 218 valence electrons. The van der Waals surface area contributed by atoms with Gasteiger partial charge in [0.15, 0.2) is 17.3 Å². The van der Waals surface area contributed by atoms with Crippen molar-refractivity contribution in [2.24, 2.45) is 0 Å². The molecule has 0 saturated carbocycles. The molecule has 0 spiro atoms. The van der Waals surface area contributed by atoms with Gasteiger partial charge in [-0.3, -0.25) is 14.4 Å². The minimum absolute atomic E-state index is 0.0133. The van der Waals surface area contributed by atoms with Crippen LogP contribution in [0.5, 0.6) is 17.2 Å². The Morgan fingerprint density at radius 1 is 1.09 bits per heavy atom. The maximum atomic E-state index is 14.2. The average Bonchev–Trinajstić information content (AvgIpc) is 3.50. The molecular weight excluding hydrogens is 553 g/mol. The van der Waals surface area contributed by atoms with Gasteiger partial charge in [-0.15, -0.1) is 0 Å². The molecule has 1 aliphatic carbocycles. The first-order chi connectivity index (χ1) is 20.4. The van der Waals surface area contributed by atoms with Crippen LogP contribution in [0.4, 0.5) is 4.39 Å². The first kappa shape index (κ1) is 27.9. The van der Waals surface area contributed by atoms with Crippen molar-refractivity contribution in [3.05, 3.63) is 106 Å². The van der Waals surface area contributed by atoms with Crippen molar-refractivity contribution in [1.29, 1.82) is 0 Å². The first-order valence-corrected chi connectivity index (χ1v) is 13.7. The van der Waals surface area contributed by atoms with Gasteiger partial charge in [0.05, 0.1) is 28.2 Å². The van der Waals surface area contributed by atoms with Crippen molar-refractivity contribution in [3.63, 3.8) is 0 Å². The highest BCUT2D eigenvalue weighted by molar-refractivity contribution is 6.31. The Balaban J connectivity index is 1.44. The van der Waals surface area contributed by atoms with Gasteiger partial charge in [0.1, 0.15) is 45.6 Å². The van der Waals surface area contributed by atoms with Gasteiger partial charge in [-0.25, -0.2) is 9.37 Å². The molecule has 10 heteroatoms. The Bertz CT molecular complexity index is 1910. The standard InChI is InChI=1S/C33H28FN3O6/c1-15-29(40)27(17(3)38)31-28(30(15)41)33(4)24(43-31)14-23(39)26(32(33)42)16(2)35-22(18-9-11-19(34)12-10-18)13-25-36-20-7-5-6-8-21(20)37-25/h5-12,14,22,35,40-41H,13H2,1-4H3,(H,36,37)/b26-16+/t22?,33-/m0/s1. The molecule has 2 aliphatic rings. The maximum Gasteiger partial charge on any atom is 0.194 e. The number of Topliss-reactive ketones (excluding diaryl/α,β-unsaturated/α-hetero) is 2. The second kappa shape index (κ2) is 9.94. The van der Waals surface area contributed by atoms with Gasteiger partial charge in [-0.1, -0.05) is 24.3 Å². The van der Waals surface area contributed by atoms with Gasteiger partial charge in [-0.2, -0.15) is 0 Å². The van der Waals surface area contributed by atoms with Crippen LogP contribution in [0.3, 0.4) is 0 Å². The normalized spacial score (nSPS) is 19.4. The number of rotatable bonds is 6. The van der Waals surface area contributed by atoms with E-state index in [1.165, 1.54) is 39.0 Å². The number of imidazole rings is 1. The number of ether oxygens (including phenoxy) is 1. The number of halogens is 1. The lowest BCUT2D eigenvalue weighted by Crippen LogP contribution is -2.41. The highest BCUT2D eigenvalue weighted by Gasteiger charge is 2.56. The number of para-hydroxylation sites is 2. The Kier molecular flexibility index (Phi) is 6.45. The first-order valence-electron chi connectivity index (χ1n) is 13.7. The number of H-pyrrole nitrogens is 1. The van der Waals surface area contributed by atoms with E-state index in [4.69, 9.17) is 4.74 Å². The van der Waals surface area contributed by atoms with Crippen LogP contribution in [0.1, 0.15) is 59.7 Å². The molecule has 2 heterocycles. The maximum absolute atomic E-state index is 14.2. The summed E-state index contributed by atoms with van der Waals surface area (Å²) in [6.45, 7) is 5.77. The molecule has 0 bridgehead atoms. The second-order valence-corrected chi connectivity index (χ2v) is 11.0. The molecule has 2 atom stereocenters. The SMILES string of the molecule is CC(=O)c1c(O)c(C)c(O)c2c1OC1=CC(=O)/C(=C(/C)NC(Cc3nc4ccccc4[nH]3)c3ccc(F)cc3)C(=O)[C@@]12C. The van der Waals surface area contributed by atoms with Crippen molar-refractivity contribution in [2.75, 3.05) is 0 Å². The molecule has 0 radical (unpaired) electrons. The van der Waals surface area contributed by atoms with Crippen LogP contribution in [0.2, 0.25) is 0 Å². The summed E-state index contributed by atoms with van der Waals surface area (Å²) in [5.74, 6) is -2.60. The van der Waals surface area contributed by atoms with E-state index in [0.717, 1.165) is 11.0 Å². The lowest BCUT2D eigenvalue weighted by atomic mass is 9.70. The zero-order chi connectivity index (χ0) is 30.8. The van der Waals surface area contributed by atoms with Crippen LogP contribution in [0.15, 0.2) is 71.6 Å². The highest BCUT2D eigenvalue weighted by Crippen LogP contribution is 2.57. The quantitative estimate of drug-likeness (QED) is 0.139. The number of phenolic OH excluding ortho intramolecular Hbond substituents is 2. The zero-order valence-corrected chi connectivity index (χ0v) is 23.8. The molecule has 1 aliphatic heterocycles. The Morgan fingerprint density at radius 3 is 2.47 bits per heavy atom.